The van der Waals surface area contributed by atoms with Crippen LogP contribution in [-0.2, 0) is 6.54 Å². The Morgan fingerprint density at radius 1 is 1.24 bits per heavy atom. The van der Waals surface area contributed by atoms with Crippen LogP contribution in [0, 0.1) is 6.92 Å². The molecule has 1 aromatic carbocycles. The molecule has 7 nitrogen and oxygen atoms in total. The van der Waals surface area contributed by atoms with Gasteiger partial charge in [0.2, 0.25) is 0 Å². The van der Waals surface area contributed by atoms with Crippen molar-refractivity contribution in [3.63, 3.8) is 0 Å². The van der Waals surface area contributed by atoms with Gasteiger partial charge in [0.1, 0.15) is 0 Å². The van der Waals surface area contributed by atoms with Crippen LogP contribution in [0.2, 0.25) is 0 Å². The average Bonchev–Trinajstić information content (AvgIpc) is 3.42. The van der Waals surface area contributed by atoms with Crippen LogP contribution in [0.3, 0.4) is 0 Å². The summed E-state index contributed by atoms with van der Waals surface area (Å²) in [6.45, 7) is 4.69. The van der Waals surface area contributed by atoms with Gasteiger partial charge in [0, 0.05) is 24.4 Å². The molecule has 3 heterocycles. The molecule has 4 aromatic rings. The Labute approximate surface area is 168 Å². The molecule has 1 aliphatic rings. The Balaban J connectivity index is 1.64. The van der Waals surface area contributed by atoms with Gasteiger partial charge in [-0.1, -0.05) is 18.2 Å². The summed E-state index contributed by atoms with van der Waals surface area (Å²) in [7, 11) is 0. The van der Waals surface area contributed by atoms with Crippen LogP contribution in [-0.4, -0.2) is 30.5 Å². The number of carbonyl (C=O) groups excluding carboxylic acids is 1. The van der Waals surface area contributed by atoms with Gasteiger partial charge in [0.05, 0.1) is 34.2 Å². The normalized spacial score (nSPS) is 13.7. The average molecular weight is 386 g/mol. The first-order chi connectivity index (χ1) is 14.1. The first-order valence-electron chi connectivity index (χ1n) is 9.93. The summed E-state index contributed by atoms with van der Waals surface area (Å²) in [6, 6.07) is 11.8. The molecule has 29 heavy (non-hydrogen) atoms. The quantitative estimate of drug-likeness (QED) is 0.561. The Morgan fingerprint density at radius 2 is 2.03 bits per heavy atom. The fraction of sp³-hybridized carbons (Fsp3) is 0.273. The molecule has 1 amide bonds. The second-order valence-corrected chi connectivity index (χ2v) is 7.44. The highest BCUT2D eigenvalue weighted by Crippen LogP contribution is 2.40. The number of nitrogens with zero attached hydrogens (tertiary/aromatic N) is 5. The number of hydrogen-bond acceptors (Lipinski definition) is 4. The highest BCUT2D eigenvalue weighted by Gasteiger charge is 2.29. The molecular weight excluding hydrogens is 364 g/mol. The van der Waals surface area contributed by atoms with Crippen LogP contribution in [0.4, 0.5) is 5.69 Å². The second-order valence-electron chi connectivity index (χ2n) is 7.44. The monoisotopic (exact) mass is 386 g/mol. The summed E-state index contributed by atoms with van der Waals surface area (Å²) in [6.07, 6.45) is 5.72. The minimum absolute atomic E-state index is 0.161. The summed E-state index contributed by atoms with van der Waals surface area (Å²) in [5.74, 6) is 0.263. The zero-order chi connectivity index (χ0) is 20.0. The van der Waals surface area contributed by atoms with Crippen molar-refractivity contribution in [3.05, 3.63) is 65.7 Å². The number of pyridine rings is 1. The van der Waals surface area contributed by atoms with Gasteiger partial charge < -0.3 is 5.32 Å². The van der Waals surface area contributed by atoms with Gasteiger partial charge in [0.15, 0.2) is 5.65 Å². The Morgan fingerprint density at radius 3 is 2.72 bits per heavy atom. The molecule has 1 aliphatic carbocycles. The summed E-state index contributed by atoms with van der Waals surface area (Å²) >= 11 is 0. The van der Waals surface area contributed by atoms with E-state index in [1.807, 2.05) is 61.1 Å². The Bertz CT molecular complexity index is 1200. The number of carbonyl (C=O) groups is 1. The molecule has 146 valence electrons. The predicted octanol–water partition coefficient (Wildman–Crippen LogP) is 4.08. The number of fused-ring (bicyclic) bond motifs is 1. The number of anilines is 1. The molecule has 0 radical (unpaired) electrons. The maximum atomic E-state index is 13.2. The van der Waals surface area contributed by atoms with E-state index in [-0.39, 0.29) is 5.91 Å². The lowest BCUT2D eigenvalue weighted by Gasteiger charge is -2.09. The smallest absolute Gasteiger partial charge is 0.256 e. The topological polar surface area (TPSA) is 77.6 Å². The highest BCUT2D eigenvalue weighted by atomic mass is 16.1. The van der Waals surface area contributed by atoms with E-state index in [0.29, 0.717) is 17.2 Å². The summed E-state index contributed by atoms with van der Waals surface area (Å²) in [5, 5.41) is 12.7. The van der Waals surface area contributed by atoms with Crippen molar-refractivity contribution in [3.8, 4) is 5.69 Å². The molecular formula is C22H22N6O. The van der Waals surface area contributed by atoms with Gasteiger partial charge in [0.25, 0.3) is 5.91 Å². The van der Waals surface area contributed by atoms with Gasteiger partial charge in [-0.15, -0.1) is 0 Å². The van der Waals surface area contributed by atoms with E-state index in [1.54, 1.807) is 10.9 Å². The van der Waals surface area contributed by atoms with Crippen molar-refractivity contribution in [2.24, 2.45) is 0 Å². The fourth-order valence-corrected chi connectivity index (χ4v) is 3.62. The van der Waals surface area contributed by atoms with Crippen molar-refractivity contribution < 1.29 is 4.79 Å². The zero-order valence-corrected chi connectivity index (χ0v) is 16.5. The lowest BCUT2D eigenvalue weighted by molar-refractivity contribution is 0.102. The summed E-state index contributed by atoms with van der Waals surface area (Å²) in [4.78, 5) is 18.1. The van der Waals surface area contributed by atoms with E-state index in [2.05, 4.69) is 10.4 Å². The molecule has 0 spiro atoms. The van der Waals surface area contributed by atoms with Gasteiger partial charge in [-0.25, -0.2) is 9.67 Å². The third-order valence-corrected chi connectivity index (χ3v) is 5.29. The minimum atomic E-state index is -0.161. The van der Waals surface area contributed by atoms with Gasteiger partial charge in [-0.3, -0.25) is 9.48 Å². The number of amides is 1. The van der Waals surface area contributed by atoms with E-state index in [4.69, 9.17) is 10.1 Å². The number of hydrogen-bond donors (Lipinski definition) is 1. The van der Waals surface area contributed by atoms with Crippen LogP contribution in [0.1, 0.15) is 47.4 Å². The van der Waals surface area contributed by atoms with Crippen molar-refractivity contribution in [1.29, 1.82) is 0 Å². The van der Waals surface area contributed by atoms with Gasteiger partial charge >= 0.3 is 0 Å². The van der Waals surface area contributed by atoms with Crippen molar-refractivity contribution in [1.82, 2.24) is 24.5 Å². The third kappa shape index (κ3) is 3.18. The first kappa shape index (κ1) is 17.6. The Hall–Kier alpha value is -3.48. The summed E-state index contributed by atoms with van der Waals surface area (Å²) in [5.41, 5.74) is 4.70. The van der Waals surface area contributed by atoms with Gasteiger partial charge in [-0.2, -0.15) is 10.2 Å². The number of para-hydroxylation sites is 1. The van der Waals surface area contributed by atoms with Crippen molar-refractivity contribution >= 4 is 22.6 Å². The fourth-order valence-electron chi connectivity index (χ4n) is 3.62. The van der Waals surface area contributed by atoms with Crippen molar-refractivity contribution in [2.45, 2.75) is 39.2 Å². The molecule has 5 rings (SSSR count). The molecule has 1 N–H and O–H groups in total. The van der Waals surface area contributed by atoms with Crippen LogP contribution < -0.4 is 5.32 Å². The number of benzene rings is 1. The molecule has 1 fully saturated rings. The van der Waals surface area contributed by atoms with E-state index in [0.717, 1.165) is 47.5 Å². The van der Waals surface area contributed by atoms with Crippen LogP contribution >= 0.6 is 0 Å². The molecule has 0 atom stereocenters. The molecule has 0 unspecified atom stereocenters. The minimum Gasteiger partial charge on any atom is -0.319 e. The Kier molecular flexibility index (Phi) is 4.16. The largest absolute Gasteiger partial charge is 0.319 e. The maximum Gasteiger partial charge on any atom is 0.256 e. The number of nitrogens with one attached hydrogen (secondary N) is 1. The van der Waals surface area contributed by atoms with Crippen molar-refractivity contribution in [2.75, 3.05) is 5.32 Å². The second kappa shape index (κ2) is 6.84. The summed E-state index contributed by atoms with van der Waals surface area (Å²) < 4.78 is 3.62. The van der Waals surface area contributed by atoms with E-state index in [1.165, 1.54) is 0 Å². The molecule has 7 heteroatoms. The lowest BCUT2D eigenvalue weighted by atomic mass is 10.1. The third-order valence-electron chi connectivity index (χ3n) is 5.29. The first-order valence-corrected chi connectivity index (χ1v) is 9.93. The van der Waals surface area contributed by atoms with Crippen LogP contribution in [0.5, 0.6) is 0 Å². The van der Waals surface area contributed by atoms with E-state index < -0.39 is 0 Å². The highest BCUT2D eigenvalue weighted by molar-refractivity contribution is 6.12. The maximum absolute atomic E-state index is 13.2. The van der Waals surface area contributed by atoms with E-state index >= 15 is 0 Å². The predicted molar refractivity (Wildman–Crippen MR) is 111 cm³/mol. The van der Waals surface area contributed by atoms with E-state index in [9.17, 15) is 4.79 Å². The molecule has 0 saturated heterocycles. The van der Waals surface area contributed by atoms with Gasteiger partial charge in [-0.05, 0) is 44.9 Å². The number of rotatable bonds is 5. The molecule has 3 aromatic heterocycles. The number of aryl methyl sites for hydroxylation is 2. The SMILES string of the molecule is CCn1cc(NC(=O)c2cc(C3CC3)nc3c2c(C)nn3-c2ccccc2)cn1. The molecule has 0 aliphatic heterocycles. The van der Waals surface area contributed by atoms with Crippen LogP contribution in [0.15, 0.2) is 48.8 Å². The van der Waals surface area contributed by atoms with Crippen LogP contribution in [0.25, 0.3) is 16.7 Å². The lowest BCUT2D eigenvalue weighted by Crippen LogP contribution is -2.13. The standard InChI is InChI=1S/C22H22N6O/c1-3-27-13-16(12-23-27)24-22(29)18-11-19(15-9-10-15)25-21-20(18)14(2)26-28(21)17-7-5-4-6-8-17/h4-8,11-13,15H,3,9-10H2,1-2H3,(H,24,29). The molecule has 1 saturated carbocycles. The molecule has 0 bridgehead atoms. The number of aromatic nitrogens is 5. The zero-order valence-electron chi connectivity index (χ0n) is 16.5.